The summed E-state index contributed by atoms with van der Waals surface area (Å²) in [6.45, 7) is 5.78. The fourth-order valence-electron chi connectivity index (χ4n) is 2.20. The van der Waals surface area contributed by atoms with Crippen LogP contribution in [0.1, 0.15) is 33.6 Å². The second kappa shape index (κ2) is 9.27. The van der Waals surface area contributed by atoms with E-state index in [1.54, 1.807) is 39.2 Å². The van der Waals surface area contributed by atoms with Gasteiger partial charge in [0.05, 0.1) is 25.3 Å². The summed E-state index contributed by atoms with van der Waals surface area (Å²) in [5.41, 5.74) is -0.241. The second-order valence-electron chi connectivity index (χ2n) is 6.61. The van der Waals surface area contributed by atoms with E-state index < -0.39 is 11.4 Å². The molecular weight excluding hydrogens is 324 g/mol. The smallest absolute Gasteiger partial charge is 0.309 e. The number of benzene rings is 1. The molecule has 7 heteroatoms. The van der Waals surface area contributed by atoms with E-state index in [0.29, 0.717) is 30.2 Å². The molecule has 1 unspecified atom stereocenters. The highest BCUT2D eigenvalue weighted by Crippen LogP contribution is 2.29. The normalized spacial score (nSPS) is 12.4. The van der Waals surface area contributed by atoms with Gasteiger partial charge >= 0.3 is 5.97 Å². The number of carboxylic acid groups (broad SMARTS) is 1. The van der Waals surface area contributed by atoms with Gasteiger partial charge in [-0.3, -0.25) is 9.59 Å². The molecule has 3 N–H and O–H groups in total. The summed E-state index contributed by atoms with van der Waals surface area (Å²) < 4.78 is 10.4. The molecule has 25 heavy (non-hydrogen) atoms. The number of methoxy groups -OCH3 is 2. The number of ether oxygens (including phenoxy) is 2. The number of carbonyl (C=O) groups excluding carboxylic acids is 1. The maximum absolute atomic E-state index is 12.2. The van der Waals surface area contributed by atoms with E-state index >= 15 is 0 Å². The Morgan fingerprint density at radius 3 is 2.48 bits per heavy atom. The molecule has 0 heterocycles. The number of rotatable bonds is 10. The fraction of sp³-hybridized carbons (Fsp3) is 0.556. The molecule has 0 aliphatic carbocycles. The van der Waals surface area contributed by atoms with Crippen molar-refractivity contribution >= 4 is 17.6 Å². The van der Waals surface area contributed by atoms with Crippen molar-refractivity contribution in [3.8, 4) is 11.5 Å². The highest BCUT2D eigenvalue weighted by Gasteiger charge is 2.26. The highest BCUT2D eigenvalue weighted by atomic mass is 16.5. The standard InChI is InChI=1S/C18H28N2O5/c1-12(19-9-8-18(2,3)17(22)23)10-16(21)20-14-11-13(24-4)6-7-15(14)25-5/h6-7,11-12,19H,8-10H2,1-5H3,(H,20,21)(H,22,23). The number of hydrogen-bond acceptors (Lipinski definition) is 5. The first-order valence-electron chi connectivity index (χ1n) is 8.18. The van der Waals surface area contributed by atoms with Gasteiger partial charge in [-0.25, -0.2) is 0 Å². The third-order valence-corrected chi connectivity index (χ3v) is 3.99. The minimum atomic E-state index is -0.829. The first-order chi connectivity index (χ1) is 11.7. The number of aliphatic carboxylic acids is 1. The molecule has 1 atom stereocenters. The molecular formula is C18H28N2O5. The summed E-state index contributed by atoms with van der Waals surface area (Å²) in [7, 11) is 3.09. The summed E-state index contributed by atoms with van der Waals surface area (Å²) in [4.78, 5) is 23.3. The van der Waals surface area contributed by atoms with Crippen LogP contribution in [0.3, 0.4) is 0 Å². The van der Waals surface area contributed by atoms with Crippen LogP contribution < -0.4 is 20.1 Å². The van der Waals surface area contributed by atoms with Gasteiger partial charge in [0.15, 0.2) is 0 Å². The minimum Gasteiger partial charge on any atom is -0.497 e. The molecule has 1 aromatic carbocycles. The number of anilines is 1. The molecule has 0 aliphatic heterocycles. The molecule has 0 saturated carbocycles. The van der Waals surface area contributed by atoms with Crippen molar-refractivity contribution in [3.63, 3.8) is 0 Å². The Bertz CT molecular complexity index is 601. The van der Waals surface area contributed by atoms with E-state index in [-0.39, 0.29) is 18.4 Å². The molecule has 1 amide bonds. The lowest BCUT2D eigenvalue weighted by Gasteiger charge is -2.21. The monoisotopic (exact) mass is 352 g/mol. The van der Waals surface area contributed by atoms with Gasteiger partial charge in [-0.05, 0) is 45.9 Å². The van der Waals surface area contributed by atoms with Crippen molar-refractivity contribution in [3.05, 3.63) is 18.2 Å². The Hall–Kier alpha value is -2.28. The quantitative estimate of drug-likeness (QED) is 0.599. The molecule has 140 valence electrons. The van der Waals surface area contributed by atoms with Crippen molar-refractivity contribution in [2.24, 2.45) is 5.41 Å². The fourth-order valence-corrected chi connectivity index (χ4v) is 2.20. The molecule has 0 saturated heterocycles. The molecule has 0 fully saturated rings. The lowest BCUT2D eigenvalue weighted by Crippen LogP contribution is -2.35. The van der Waals surface area contributed by atoms with Gasteiger partial charge in [-0.2, -0.15) is 0 Å². The van der Waals surface area contributed by atoms with Gasteiger partial charge in [0.2, 0.25) is 5.91 Å². The van der Waals surface area contributed by atoms with E-state index in [1.807, 2.05) is 6.92 Å². The Morgan fingerprint density at radius 2 is 1.92 bits per heavy atom. The highest BCUT2D eigenvalue weighted by molar-refractivity contribution is 5.92. The summed E-state index contributed by atoms with van der Waals surface area (Å²) >= 11 is 0. The van der Waals surface area contributed by atoms with Crippen molar-refractivity contribution in [2.45, 2.75) is 39.7 Å². The minimum absolute atomic E-state index is 0.0822. The molecule has 7 nitrogen and oxygen atoms in total. The van der Waals surface area contributed by atoms with Crippen LogP contribution in [0.2, 0.25) is 0 Å². The van der Waals surface area contributed by atoms with Crippen LogP contribution in [0.15, 0.2) is 18.2 Å². The molecule has 0 aliphatic rings. The molecule has 0 bridgehead atoms. The number of carbonyl (C=O) groups is 2. The zero-order valence-corrected chi connectivity index (χ0v) is 15.5. The number of amides is 1. The van der Waals surface area contributed by atoms with Crippen LogP contribution in [-0.2, 0) is 9.59 Å². The average Bonchev–Trinajstić information content (AvgIpc) is 2.54. The van der Waals surface area contributed by atoms with Crippen LogP contribution in [0, 0.1) is 5.41 Å². The zero-order chi connectivity index (χ0) is 19.0. The van der Waals surface area contributed by atoms with Gasteiger partial charge in [-0.1, -0.05) is 0 Å². The number of nitrogens with one attached hydrogen (secondary N) is 2. The summed E-state index contributed by atoms with van der Waals surface area (Å²) in [6.07, 6.45) is 0.742. The van der Waals surface area contributed by atoms with E-state index in [1.165, 1.54) is 7.11 Å². The summed E-state index contributed by atoms with van der Waals surface area (Å²) in [5, 5.41) is 15.1. The maximum Gasteiger partial charge on any atom is 0.309 e. The summed E-state index contributed by atoms with van der Waals surface area (Å²) in [5.74, 6) is 0.185. The predicted molar refractivity (Wildman–Crippen MR) is 96.3 cm³/mol. The van der Waals surface area contributed by atoms with E-state index in [4.69, 9.17) is 14.6 Å². The topological polar surface area (TPSA) is 96.9 Å². The van der Waals surface area contributed by atoms with Gasteiger partial charge in [0, 0.05) is 18.5 Å². The van der Waals surface area contributed by atoms with Crippen LogP contribution in [-0.4, -0.2) is 43.8 Å². The zero-order valence-electron chi connectivity index (χ0n) is 15.5. The summed E-state index contributed by atoms with van der Waals surface area (Å²) in [6, 6.07) is 5.10. The lowest BCUT2D eigenvalue weighted by molar-refractivity contribution is -0.147. The maximum atomic E-state index is 12.2. The molecule has 0 spiro atoms. The van der Waals surface area contributed by atoms with Crippen LogP contribution in [0.4, 0.5) is 5.69 Å². The number of carboxylic acids is 1. The molecule has 1 rings (SSSR count). The van der Waals surface area contributed by atoms with Gasteiger partial charge in [0.1, 0.15) is 11.5 Å². The molecule has 0 radical (unpaired) electrons. The molecule has 1 aromatic rings. The number of hydrogen-bond donors (Lipinski definition) is 3. The second-order valence-corrected chi connectivity index (χ2v) is 6.61. The Labute approximate surface area is 148 Å². The largest absolute Gasteiger partial charge is 0.497 e. The van der Waals surface area contributed by atoms with Gasteiger partial charge in [0.25, 0.3) is 0 Å². The SMILES string of the molecule is COc1ccc(OC)c(NC(=O)CC(C)NCCC(C)(C)C(=O)O)c1. The van der Waals surface area contributed by atoms with Crippen molar-refractivity contribution in [1.29, 1.82) is 0 Å². The van der Waals surface area contributed by atoms with Crippen molar-refractivity contribution < 1.29 is 24.2 Å². The Kier molecular flexibility index (Phi) is 7.70. The molecule has 0 aromatic heterocycles. The Morgan fingerprint density at radius 1 is 1.24 bits per heavy atom. The predicted octanol–water partition coefficient (Wildman–Crippen LogP) is 2.51. The van der Waals surface area contributed by atoms with Gasteiger partial charge in [-0.15, -0.1) is 0 Å². The first kappa shape index (κ1) is 20.8. The van der Waals surface area contributed by atoms with Gasteiger partial charge < -0.3 is 25.2 Å². The van der Waals surface area contributed by atoms with Crippen LogP contribution in [0.5, 0.6) is 11.5 Å². The van der Waals surface area contributed by atoms with Crippen molar-refractivity contribution in [2.75, 3.05) is 26.1 Å². The van der Waals surface area contributed by atoms with E-state index in [2.05, 4.69) is 10.6 Å². The van der Waals surface area contributed by atoms with Crippen molar-refractivity contribution in [1.82, 2.24) is 5.32 Å². The first-order valence-corrected chi connectivity index (χ1v) is 8.18. The Balaban J connectivity index is 2.52. The average molecular weight is 352 g/mol. The van der Waals surface area contributed by atoms with Crippen LogP contribution >= 0.6 is 0 Å². The van der Waals surface area contributed by atoms with E-state index in [0.717, 1.165) is 0 Å². The third-order valence-electron chi connectivity index (χ3n) is 3.99. The van der Waals surface area contributed by atoms with Crippen LogP contribution in [0.25, 0.3) is 0 Å². The van der Waals surface area contributed by atoms with E-state index in [9.17, 15) is 9.59 Å². The lowest BCUT2D eigenvalue weighted by atomic mass is 9.89. The third kappa shape index (κ3) is 6.62.